The molecule has 0 radical (unpaired) electrons. The summed E-state index contributed by atoms with van der Waals surface area (Å²) in [6, 6.07) is 6.51. The standard InChI is InChI=1S/C12H14BrNS/c1-14(2)6-5-9-8-15-12-4-3-10(13)7-11(9)12/h3-4,7-8H,5-6H2,1-2H3. The molecular formula is C12H14BrNS. The molecule has 1 nitrogen and oxygen atoms in total. The minimum atomic E-state index is 1.11. The SMILES string of the molecule is CN(C)CCc1csc2ccc(Br)cc12. The monoisotopic (exact) mass is 283 g/mol. The van der Waals surface area contributed by atoms with Gasteiger partial charge in [-0.25, -0.2) is 0 Å². The number of fused-ring (bicyclic) bond motifs is 1. The van der Waals surface area contributed by atoms with Crippen LogP contribution >= 0.6 is 27.3 Å². The van der Waals surface area contributed by atoms with Crippen molar-refractivity contribution in [1.29, 1.82) is 0 Å². The highest BCUT2D eigenvalue weighted by molar-refractivity contribution is 9.10. The van der Waals surface area contributed by atoms with Gasteiger partial charge in [0.1, 0.15) is 0 Å². The van der Waals surface area contributed by atoms with Crippen LogP contribution in [0.15, 0.2) is 28.1 Å². The molecule has 0 aliphatic rings. The van der Waals surface area contributed by atoms with Crippen molar-refractivity contribution in [2.24, 2.45) is 0 Å². The van der Waals surface area contributed by atoms with E-state index in [1.807, 2.05) is 11.3 Å². The van der Waals surface area contributed by atoms with Crippen LogP contribution < -0.4 is 0 Å². The molecule has 80 valence electrons. The third-order valence-electron chi connectivity index (χ3n) is 2.44. The Bertz CT molecular complexity index is 462. The van der Waals surface area contributed by atoms with Crippen molar-refractivity contribution in [2.45, 2.75) is 6.42 Å². The molecule has 0 atom stereocenters. The van der Waals surface area contributed by atoms with Gasteiger partial charge in [-0.15, -0.1) is 11.3 Å². The molecule has 15 heavy (non-hydrogen) atoms. The predicted molar refractivity (Wildman–Crippen MR) is 71.8 cm³/mol. The molecule has 0 saturated heterocycles. The third kappa shape index (κ3) is 2.60. The van der Waals surface area contributed by atoms with Crippen LogP contribution in [0.4, 0.5) is 0 Å². The lowest BCUT2D eigenvalue weighted by molar-refractivity contribution is 0.414. The maximum Gasteiger partial charge on any atom is 0.0346 e. The molecule has 0 aliphatic heterocycles. The summed E-state index contributed by atoms with van der Waals surface area (Å²) < 4.78 is 2.55. The van der Waals surface area contributed by atoms with E-state index in [0.29, 0.717) is 0 Å². The maximum absolute atomic E-state index is 3.53. The van der Waals surface area contributed by atoms with Gasteiger partial charge in [0.15, 0.2) is 0 Å². The minimum absolute atomic E-state index is 1.11. The summed E-state index contributed by atoms with van der Waals surface area (Å²) >= 11 is 5.36. The van der Waals surface area contributed by atoms with Gasteiger partial charge in [0.25, 0.3) is 0 Å². The quantitative estimate of drug-likeness (QED) is 0.829. The Morgan fingerprint density at radius 3 is 2.87 bits per heavy atom. The first kappa shape index (κ1) is 11.1. The Balaban J connectivity index is 2.31. The topological polar surface area (TPSA) is 3.24 Å². The molecule has 0 spiro atoms. The first-order valence-corrected chi connectivity index (χ1v) is 6.64. The Kier molecular flexibility index (Phi) is 3.44. The molecule has 1 aromatic carbocycles. The van der Waals surface area contributed by atoms with Crippen molar-refractivity contribution in [1.82, 2.24) is 4.90 Å². The minimum Gasteiger partial charge on any atom is -0.309 e. The summed E-state index contributed by atoms with van der Waals surface area (Å²) in [5.41, 5.74) is 1.46. The van der Waals surface area contributed by atoms with Gasteiger partial charge in [-0.05, 0) is 55.0 Å². The normalized spacial score (nSPS) is 11.5. The van der Waals surface area contributed by atoms with Gasteiger partial charge in [-0.2, -0.15) is 0 Å². The first-order valence-electron chi connectivity index (χ1n) is 4.97. The van der Waals surface area contributed by atoms with E-state index in [1.165, 1.54) is 20.1 Å². The Labute approximate surface area is 103 Å². The van der Waals surface area contributed by atoms with Crippen LogP contribution in [0.3, 0.4) is 0 Å². The van der Waals surface area contributed by atoms with Crippen LogP contribution in [-0.2, 0) is 6.42 Å². The van der Waals surface area contributed by atoms with E-state index in [1.54, 1.807) is 0 Å². The summed E-state index contributed by atoms with van der Waals surface area (Å²) in [6.45, 7) is 1.11. The smallest absolute Gasteiger partial charge is 0.0346 e. The molecule has 1 aromatic heterocycles. The number of benzene rings is 1. The zero-order chi connectivity index (χ0) is 10.8. The van der Waals surface area contributed by atoms with Crippen molar-refractivity contribution >= 4 is 37.4 Å². The zero-order valence-electron chi connectivity index (χ0n) is 8.96. The summed E-state index contributed by atoms with van der Waals surface area (Å²) in [6.07, 6.45) is 1.13. The van der Waals surface area contributed by atoms with E-state index in [9.17, 15) is 0 Å². The van der Waals surface area contributed by atoms with E-state index in [0.717, 1.165) is 13.0 Å². The van der Waals surface area contributed by atoms with Crippen molar-refractivity contribution in [3.05, 3.63) is 33.6 Å². The Hall–Kier alpha value is -0.380. The lowest BCUT2D eigenvalue weighted by atomic mass is 10.1. The summed E-state index contributed by atoms with van der Waals surface area (Å²) in [5, 5.41) is 3.68. The lowest BCUT2D eigenvalue weighted by Crippen LogP contribution is -2.14. The third-order valence-corrected chi connectivity index (χ3v) is 3.95. The number of likely N-dealkylation sites (N-methyl/N-ethyl adjacent to an activating group) is 1. The molecule has 2 aromatic rings. The molecule has 0 fully saturated rings. The summed E-state index contributed by atoms with van der Waals surface area (Å²) in [4.78, 5) is 2.22. The molecule has 0 aliphatic carbocycles. The fourth-order valence-electron chi connectivity index (χ4n) is 1.59. The molecular weight excluding hydrogens is 270 g/mol. The number of hydrogen-bond donors (Lipinski definition) is 0. The van der Waals surface area contributed by atoms with Crippen LogP contribution in [0.25, 0.3) is 10.1 Å². The second kappa shape index (κ2) is 4.64. The van der Waals surface area contributed by atoms with Crippen molar-refractivity contribution in [3.8, 4) is 0 Å². The molecule has 3 heteroatoms. The van der Waals surface area contributed by atoms with Crippen LogP contribution in [-0.4, -0.2) is 25.5 Å². The summed E-state index contributed by atoms with van der Waals surface area (Å²) in [5.74, 6) is 0. The van der Waals surface area contributed by atoms with E-state index >= 15 is 0 Å². The average Bonchev–Trinajstić information content (AvgIpc) is 2.57. The van der Waals surface area contributed by atoms with Gasteiger partial charge in [0, 0.05) is 15.7 Å². The molecule has 0 saturated carbocycles. The highest BCUT2D eigenvalue weighted by atomic mass is 79.9. The highest BCUT2D eigenvalue weighted by Gasteiger charge is 2.04. The van der Waals surface area contributed by atoms with Crippen LogP contribution in [0.5, 0.6) is 0 Å². The first-order chi connectivity index (χ1) is 7.16. The van der Waals surface area contributed by atoms with Gasteiger partial charge in [-0.3, -0.25) is 0 Å². The fraction of sp³-hybridized carbons (Fsp3) is 0.333. The number of thiophene rings is 1. The van der Waals surface area contributed by atoms with Crippen molar-refractivity contribution in [2.75, 3.05) is 20.6 Å². The van der Waals surface area contributed by atoms with Gasteiger partial charge >= 0.3 is 0 Å². The molecule has 2 rings (SSSR count). The van der Waals surface area contributed by atoms with E-state index < -0.39 is 0 Å². The predicted octanol–water partition coefficient (Wildman–Crippen LogP) is 3.77. The Morgan fingerprint density at radius 2 is 2.13 bits per heavy atom. The Morgan fingerprint density at radius 1 is 1.33 bits per heavy atom. The number of nitrogens with zero attached hydrogens (tertiary/aromatic N) is 1. The van der Waals surface area contributed by atoms with Crippen molar-refractivity contribution < 1.29 is 0 Å². The second-order valence-electron chi connectivity index (χ2n) is 3.95. The van der Waals surface area contributed by atoms with Gasteiger partial charge in [-0.1, -0.05) is 15.9 Å². The van der Waals surface area contributed by atoms with Crippen LogP contribution in [0.1, 0.15) is 5.56 Å². The largest absolute Gasteiger partial charge is 0.309 e. The van der Waals surface area contributed by atoms with E-state index in [-0.39, 0.29) is 0 Å². The summed E-state index contributed by atoms with van der Waals surface area (Å²) in [7, 11) is 4.23. The zero-order valence-corrected chi connectivity index (χ0v) is 11.4. The molecule has 1 heterocycles. The second-order valence-corrected chi connectivity index (χ2v) is 5.78. The van der Waals surface area contributed by atoms with E-state index in [2.05, 4.69) is 58.5 Å². The molecule has 0 amide bonds. The molecule has 0 bridgehead atoms. The molecule has 0 N–H and O–H groups in total. The maximum atomic E-state index is 3.53. The van der Waals surface area contributed by atoms with Gasteiger partial charge < -0.3 is 4.90 Å². The highest BCUT2D eigenvalue weighted by Crippen LogP contribution is 2.29. The number of rotatable bonds is 3. The van der Waals surface area contributed by atoms with Crippen LogP contribution in [0.2, 0.25) is 0 Å². The van der Waals surface area contributed by atoms with Crippen molar-refractivity contribution in [3.63, 3.8) is 0 Å². The number of hydrogen-bond acceptors (Lipinski definition) is 2. The lowest BCUT2D eigenvalue weighted by Gasteiger charge is -2.08. The fourth-order valence-corrected chi connectivity index (χ4v) is 2.93. The average molecular weight is 284 g/mol. The van der Waals surface area contributed by atoms with Crippen LogP contribution in [0, 0.1) is 0 Å². The van der Waals surface area contributed by atoms with E-state index in [4.69, 9.17) is 0 Å². The van der Waals surface area contributed by atoms with Gasteiger partial charge in [0.2, 0.25) is 0 Å². The molecule has 0 unspecified atom stereocenters. The number of halogens is 1. The van der Waals surface area contributed by atoms with Gasteiger partial charge in [0.05, 0.1) is 0 Å².